The van der Waals surface area contributed by atoms with Crippen molar-refractivity contribution >= 4 is 28.2 Å². The fourth-order valence-corrected chi connectivity index (χ4v) is 3.13. The van der Waals surface area contributed by atoms with E-state index >= 15 is 0 Å². The maximum absolute atomic E-state index is 12.6. The third kappa shape index (κ3) is 2.63. The Labute approximate surface area is 150 Å². The van der Waals surface area contributed by atoms with Crippen molar-refractivity contribution in [2.24, 2.45) is 5.10 Å². The van der Waals surface area contributed by atoms with E-state index in [0.717, 1.165) is 16.3 Å². The standard InChI is InChI=1S/C21H16N2O3/c1-2-26-15-11-9-14(10-12-15)21(25)23-22-19-16-7-3-5-13-6-4-8-17(18(13)16)20(19)24/h3-12H,2H2,1H3,(H,23,25)/b22-19+. The Kier molecular flexibility index (Phi) is 3.97. The molecule has 4 rings (SSSR count). The van der Waals surface area contributed by atoms with Crippen LogP contribution in [-0.2, 0) is 0 Å². The molecule has 128 valence electrons. The average Bonchev–Trinajstić information content (AvgIpc) is 2.95. The fraction of sp³-hybridized carbons (Fsp3) is 0.0952. The molecule has 0 spiro atoms. The van der Waals surface area contributed by atoms with E-state index < -0.39 is 0 Å². The fourth-order valence-electron chi connectivity index (χ4n) is 3.13. The van der Waals surface area contributed by atoms with Gasteiger partial charge in [0.2, 0.25) is 5.78 Å². The van der Waals surface area contributed by atoms with Crippen LogP contribution in [0, 0.1) is 0 Å². The molecule has 0 saturated heterocycles. The Bertz CT molecular complexity index is 1050. The van der Waals surface area contributed by atoms with Crippen LogP contribution in [0.5, 0.6) is 5.75 Å². The molecule has 0 radical (unpaired) electrons. The number of hydrogen-bond acceptors (Lipinski definition) is 4. The van der Waals surface area contributed by atoms with E-state index in [-0.39, 0.29) is 17.4 Å². The zero-order valence-electron chi connectivity index (χ0n) is 14.2. The van der Waals surface area contributed by atoms with Crippen molar-refractivity contribution in [2.75, 3.05) is 6.61 Å². The first kappa shape index (κ1) is 16.0. The number of nitrogens with zero attached hydrogens (tertiary/aromatic N) is 1. The first-order chi connectivity index (χ1) is 12.7. The number of nitrogens with one attached hydrogen (secondary N) is 1. The van der Waals surface area contributed by atoms with Crippen molar-refractivity contribution in [3.8, 4) is 5.75 Å². The number of hydrazone groups is 1. The molecule has 1 N–H and O–H groups in total. The normalized spacial score (nSPS) is 14.0. The molecule has 3 aromatic rings. The molecule has 0 heterocycles. The summed E-state index contributed by atoms with van der Waals surface area (Å²) < 4.78 is 5.36. The van der Waals surface area contributed by atoms with E-state index in [1.807, 2.05) is 37.3 Å². The van der Waals surface area contributed by atoms with Gasteiger partial charge in [0.15, 0.2) is 0 Å². The molecule has 26 heavy (non-hydrogen) atoms. The Hall–Kier alpha value is -3.47. The van der Waals surface area contributed by atoms with Gasteiger partial charge in [-0.3, -0.25) is 9.59 Å². The molecule has 0 aromatic heterocycles. The maximum Gasteiger partial charge on any atom is 0.271 e. The van der Waals surface area contributed by atoms with E-state index in [4.69, 9.17) is 4.74 Å². The minimum absolute atomic E-state index is 0.177. The third-order valence-corrected chi connectivity index (χ3v) is 4.32. The highest BCUT2D eigenvalue weighted by Crippen LogP contribution is 2.30. The number of carbonyl (C=O) groups excluding carboxylic acids is 2. The van der Waals surface area contributed by atoms with Gasteiger partial charge >= 0.3 is 0 Å². The lowest BCUT2D eigenvalue weighted by atomic mass is 10.1. The van der Waals surface area contributed by atoms with Gasteiger partial charge < -0.3 is 4.74 Å². The van der Waals surface area contributed by atoms with E-state index in [1.54, 1.807) is 30.3 Å². The molecule has 5 nitrogen and oxygen atoms in total. The van der Waals surface area contributed by atoms with Crippen LogP contribution in [-0.4, -0.2) is 24.0 Å². The van der Waals surface area contributed by atoms with Crippen molar-refractivity contribution in [1.29, 1.82) is 0 Å². The van der Waals surface area contributed by atoms with Crippen molar-refractivity contribution in [3.05, 3.63) is 77.4 Å². The minimum atomic E-state index is -0.378. The minimum Gasteiger partial charge on any atom is -0.494 e. The summed E-state index contributed by atoms with van der Waals surface area (Å²) in [6.07, 6.45) is 0. The molecule has 0 saturated carbocycles. The van der Waals surface area contributed by atoms with Crippen LogP contribution in [0.15, 0.2) is 65.8 Å². The number of rotatable bonds is 4. The molecule has 5 heteroatoms. The maximum atomic E-state index is 12.6. The second kappa shape index (κ2) is 6.44. The Morgan fingerprint density at radius 3 is 2.38 bits per heavy atom. The third-order valence-electron chi connectivity index (χ3n) is 4.32. The molecule has 1 aliphatic rings. The van der Waals surface area contributed by atoms with E-state index in [0.29, 0.717) is 23.5 Å². The zero-order valence-corrected chi connectivity index (χ0v) is 14.2. The molecular weight excluding hydrogens is 328 g/mol. The molecule has 0 aliphatic heterocycles. The summed E-state index contributed by atoms with van der Waals surface area (Å²) in [5.74, 6) is 0.142. The number of Topliss-reactive ketones (excluding diaryl/α,β-unsaturated/α-hetero) is 1. The highest BCUT2D eigenvalue weighted by Gasteiger charge is 2.28. The summed E-state index contributed by atoms with van der Waals surface area (Å²) in [6, 6.07) is 18.0. The van der Waals surface area contributed by atoms with Gasteiger partial charge in [-0.2, -0.15) is 5.10 Å². The number of ether oxygens (including phenoxy) is 1. The van der Waals surface area contributed by atoms with E-state index in [1.165, 1.54) is 0 Å². The van der Waals surface area contributed by atoms with E-state index in [9.17, 15) is 9.59 Å². The lowest BCUT2D eigenvalue weighted by Gasteiger charge is -2.05. The van der Waals surface area contributed by atoms with Crippen LogP contribution in [0.4, 0.5) is 0 Å². The summed E-state index contributed by atoms with van der Waals surface area (Å²) in [4.78, 5) is 25.0. The Morgan fingerprint density at radius 1 is 1.00 bits per heavy atom. The van der Waals surface area contributed by atoms with E-state index in [2.05, 4.69) is 10.5 Å². The number of ketones is 1. The largest absolute Gasteiger partial charge is 0.494 e. The summed E-state index contributed by atoms with van der Waals surface area (Å²) in [5, 5.41) is 5.98. The van der Waals surface area contributed by atoms with Gasteiger partial charge in [-0.05, 0) is 36.6 Å². The molecule has 1 aliphatic carbocycles. The second-order valence-corrected chi connectivity index (χ2v) is 5.90. The second-order valence-electron chi connectivity index (χ2n) is 5.90. The highest BCUT2D eigenvalue weighted by molar-refractivity contribution is 6.59. The van der Waals surface area contributed by atoms with Gasteiger partial charge in [-0.25, -0.2) is 5.43 Å². The van der Waals surface area contributed by atoms with Gasteiger partial charge in [0.25, 0.3) is 5.91 Å². The number of hydrogen-bond donors (Lipinski definition) is 1. The molecule has 0 atom stereocenters. The first-order valence-corrected chi connectivity index (χ1v) is 8.36. The molecular formula is C21H16N2O3. The predicted octanol–water partition coefficient (Wildman–Crippen LogP) is 3.57. The van der Waals surface area contributed by atoms with Crippen LogP contribution >= 0.6 is 0 Å². The molecule has 0 unspecified atom stereocenters. The predicted molar refractivity (Wildman–Crippen MR) is 99.9 cm³/mol. The van der Waals surface area contributed by atoms with Crippen molar-refractivity contribution in [2.45, 2.75) is 6.92 Å². The van der Waals surface area contributed by atoms with Crippen LogP contribution in [0.25, 0.3) is 10.8 Å². The van der Waals surface area contributed by atoms with Crippen molar-refractivity contribution in [3.63, 3.8) is 0 Å². The van der Waals surface area contributed by atoms with Crippen LogP contribution in [0.1, 0.15) is 33.2 Å². The molecule has 0 fully saturated rings. The van der Waals surface area contributed by atoms with Crippen molar-refractivity contribution in [1.82, 2.24) is 5.43 Å². The summed E-state index contributed by atoms with van der Waals surface area (Å²) >= 11 is 0. The SMILES string of the molecule is CCOc1ccc(C(=O)N/N=C2/C(=O)c3cccc4cccc2c34)cc1. The van der Waals surface area contributed by atoms with Gasteiger partial charge in [0.05, 0.1) is 6.61 Å². The van der Waals surface area contributed by atoms with Crippen LogP contribution < -0.4 is 10.2 Å². The molecule has 1 amide bonds. The smallest absolute Gasteiger partial charge is 0.271 e. The monoisotopic (exact) mass is 344 g/mol. The lowest BCUT2D eigenvalue weighted by Crippen LogP contribution is -2.22. The van der Waals surface area contributed by atoms with Crippen molar-refractivity contribution < 1.29 is 14.3 Å². The zero-order chi connectivity index (χ0) is 18.1. The van der Waals surface area contributed by atoms with Gasteiger partial charge in [0.1, 0.15) is 11.5 Å². The first-order valence-electron chi connectivity index (χ1n) is 8.36. The molecule has 0 bridgehead atoms. The number of benzene rings is 3. The number of carbonyl (C=O) groups is 2. The quantitative estimate of drug-likeness (QED) is 0.736. The van der Waals surface area contributed by atoms with Gasteiger partial charge in [-0.15, -0.1) is 0 Å². The number of amides is 1. The summed E-state index contributed by atoms with van der Waals surface area (Å²) in [7, 11) is 0. The Morgan fingerprint density at radius 2 is 1.69 bits per heavy atom. The Balaban J connectivity index is 1.61. The van der Waals surface area contributed by atoms with Crippen LogP contribution in [0.2, 0.25) is 0 Å². The van der Waals surface area contributed by atoms with Crippen LogP contribution in [0.3, 0.4) is 0 Å². The highest BCUT2D eigenvalue weighted by atomic mass is 16.5. The lowest BCUT2D eigenvalue weighted by molar-refractivity contribution is 0.0955. The van der Waals surface area contributed by atoms with Gasteiger partial charge in [0, 0.05) is 22.1 Å². The topological polar surface area (TPSA) is 67.8 Å². The average molecular weight is 344 g/mol. The summed E-state index contributed by atoms with van der Waals surface area (Å²) in [6.45, 7) is 2.46. The van der Waals surface area contributed by atoms with Gasteiger partial charge in [-0.1, -0.05) is 36.4 Å². The molecule has 3 aromatic carbocycles. The summed E-state index contributed by atoms with van der Waals surface area (Å²) in [5.41, 5.74) is 4.55.